The standard InChI is InChI=1S/C15H19NO3S/c1-19-15(18)4-3-11-16-14(17)10-7-12-5-8-13(20-2)9-6-12/h5-10H,3-4,11H2,1-2H3,(H,16,17)/b10-7+. The predicted molar refractivity (Wildman–Crippen MR) is 81.5 cm³/mol. The lowest BCUT2D eigenvalue weighted by atomic mass is 10.2. The van der Waals surface area contributed by atoms with E-state index in [4.69, 9.17) is 0 Å². The topological polar surface area (TPSA) is 55.4 Å². The van der Waals surface area contributed by atoms with Crippen LogP contribution in [0.3, 0.4) is 0 Å². The summed E-state index contributed by atoms with van der Waals surface area (Å²) in [6.07, 6.45) is 6.17. The monoisotopic (exact) mass is 293 g/mol. The smallest absolute Gasteiger partial charge is 0.305 e. The average molecular weight is 293 g/mol. The van der Waals surface area contributed by atoms with Gasteiger partial charge < -0.3 is 10.1 Å². The molecule has 0 aromatic heterocycles. The van der Waals surface area contributed by atoms with E-state index in [-0.39, 0.29) is 11.9 Å². The van der Waals surface area contributed by atoms with Crippen molar-refractivity contribution in [1.82, 2.24) is 5.32 Å². The molecule has 108 valence electrons. The van der Waals surface area contributed by atoms with Crippen LogP contribution in [0, 0.1) is 0 Å². The molecule has 1 aromatic rings. The fraction of sp³-hybridized carbons (Fsp3) is 0.333. The van der Waals surface area contributed by atoms with Gasteiger partial charge in [0.25, 0.3) is 0 Å². The number of amides is 1. The zero-order valence-corrected chi connectivity index (χ0v) is 12.5. The highest BCUT2D eigenvalue weighted by molar-refractivity contribution is 7.98. The Morgan fingerprint density at radius 2 is 2.00 bits per heavy atom. The summed E-state index contributed by atoms with van der Waals surface area (Å²) in [5, 5.41) is 2.72. The van der Waals surface area contributed by atoms with E-state index in [0.717, 1.165) is 5.56 Å². The summed E-state index contributed by atoms with van der Waals surface area (Å²) in [4.78, 5) is 23.6. The fourth-order valence-corrected chi connectivity index (χ4v) is 1.90. The largest absolute Gasteiger partial charge is 0.469 e. The highest BCUT2D eigenvalue weighted by Gasteiger charge is 2.00. The lowest BCUT2D eigenvalue weighted by Gasteiger charge is -2.01. The molecule has 0 aliphatic rings. The number of rotatable bonds is 7. The number of hydrogen-bond donors (Lipinski definition) is 1. The molecular weight excluding hydrogens is 274 g/mol. The van der Waals surface area contributed by atoms with Gasteiger partial charge in [0, 0.05) is 23.9 Å². The number of methoxy groups -OCH3 is 1. The molecule has 0 saturated heterocycles. The van der Waals surface area contributed by atoms with Gasteiger partial charge >= 0.3 is 5.97 Å². The van der Waals surface area contributed by atoms with E-state index in [0.29, 0.717) is 19.4 Å². The molecule has 1 rings (SSSR count). The van der Waals surface area contributed by atoms with Gasteiger partial charge in [0.2, 0.25) is 5.91 Å². The molecule has 0 atom stereocenters. The summed E-state index contributed by atoms with van der Waals surface area (Å²) >= 11 is 1.68. The first-order chi connectivity index (χ1) is 9.65. The Kier molecular flexibility index (Phi) is 7.50. The van der Waals surface area contributed by atoms with E-state index in [1.165, 1.54) is 18.1 Å². The Balaban J connectivity index is 2.30. The molecule has 0 aliphatic heterocycles. The molecule has 0 saturated carbocycles. The van der Waals surface area contributed by atoms with Crippen LogP contribution >= 0.6 is 11.8 Å². The number of nitrogens with one attached hydrogen (secondary N) is 1. The van der Waals surface area contributed by atoms with Crippen LogP contribution in [0.15, 0.2) is 35.2 Å². The van der Waals surface area contributed by atoms with E-state index >= 15 is 0 Å². The predicted octanol–water partition coefficient (Wildman–Crippen LogP) is 2.49. The van der Waals surface area contributed by atoms with Crippen molar-refractivity contribution in [1.29, 1.82) is 0 Å². The van der Waals surface area contributed by atoms with Gasteiger partial charge in [-0.25, -0.2) is 0 Å². The van der Waals surface area contributed by atoms with Crippen LogP contribution in [0.25, 0.3) is 6.08 Å². The molecule has 20 heavy (non-hydrogen) atoms. The van der Waals surface area contributed by atoms with Gasteiger partial charge in [0.05, 0.1) is 7.11 Å². The Bertz CT molecular complexity index is 469. The van der Waals surface area contributed by atoms with E-state index < -0.39 is 0 Å². The van der Waals surface area contributed by atoms with Crippen molar-refractivity contribution in [2.75, 3.05) is 19.9 Å². The zero-order valence-electron chi connectivity index (χ0n) is 11.7. The number of carbonyl (C=O) groups excluding carboxylic acids is 2. The molecule has 0 aliphatic carbocycles. The quantitative estimate of drug-likeness (QED) is 0.363. The van der Waals surface area contributed by atoms with Crippen molar-refractivity contribution < 1.29 is 14.3 Å². The van der Waals surface area contributed by atoms with Crippen LogP contribution in [-0.4, -0.2) is 31.8 Å². The van der Waals surface area contributed by atoms with Crippen LogP contribution in [0.1, 0.15) is 18.4 Å². The average Bonchev–Trinajstić information content (AvgIpc) is 2.49. The Hall–Kier alpha value is -1.75. The third kappa shape index (κ3) is 6.43. The summed E-state index contributed by atoms with van der Waals surface area (Å²) in [5.74, 6) is -0.424. The number of ether oxygens (including phenoxy) is 1. The van der Waals surface area contributed by atoms with E-state index in [2.05, 4.69) is 10.1 Å². The van der Waals surface area contributed by atoms with Crippen molar-refractivity contribution in [2.24, 2.45) is 0 Å². The van der Waals surface area contributed by atoms with Crippen LogP contribution in [0.2, 0.25) is 0 Å². The summed E-state index contributed by atoms with van der Waals surface area (Å²) in [6.45, 7) is 0.462. The summed E-state index contributed by atoms with van der Waals surface area (Å²) in [7, 11) is 1.35. The molecule has 4 nitrogen and oxygen atoms in total. The van der Waals surface area contributed by atoms with Crippen molar-refractivity contribution in [3.8, 4) is 0 Å². The number of benzene rings is 1. The van der Waals surface area contributed by atoms with Crippen molar-refractivity contribution >= 4 is 29.7 Å². The van der Waals surface area contributed by atoms with Gasteiger partial charge in [-0.05, 0) is 36.4 Å². The van der Waals surface area contributed by atoms with E-state index in [1.54, 1.807) is 17.8 Å². The van der Waals surface area contributed by atoms with Crippen molar-refractivity contribution in [2.45, 2.75) is 17.7 Å². The second kappa shape index (κ2) is 9.20. The first kappa shape index (κ1) is 16.3. The molecule has 0 fully saturated rings. The molecule has 0 heterocycles. The Morgan fingerprint density at radius 1 is 1.30 bits per heavy atom. The van der Waals surface area contributed by atoms with Gasteiger partial charge in [0.1, 0.15) is 0 Å². The molecule has 0 spiro atoms. The van der Waals surface area contributed by atoms with Crippen LogP contribution in [0.5, 0.6) is 0 Å². The third-order valence-electron chi connectivity index (χ3n) is 2.63. The van der Waals surface area contributed by atoms with Gasteiger partial charge in [-0.1, -0.05) is 12.1 Å². The second-order valence-corrected chi connectivity index (χ2v) is 4.96. The maximum atomic E-state index is 11.5. The molecule has 0 unspecified atom stereocenters. The maximum absolute atomic E-state index is 11.5. The number of thioether (sulfide) groups is 1. The van der Waals surface area contributed by atoms with E-state index in [9.17, 15) is 9.59 Å². The molecule has 1 aromatic carbocycles. The first-order valence-corrected chi connectivity index (χ1v) is 7.55. The summed E-state index contributed by atoms with van der Waals surface area (Å²) in [6, 6.07) is 7.96. The minimum Gasteiger partial charge on any atom is -0.469 e. The van der Waals surface area contributed by atoms with Gasteiger partial charge in [-0.15, -0.1) is 11.8 Å². The molecule has 1 amide bonds. The van der Waals surface area contributed by atoms with E-state index in [1.807, 2.05) is 30.5 Å². The number of hydrogen-bond acceptors (Lipinski definition) is 4. The lowest BCUT2D eigenvalue weighted by Crippen LogP contribution is -2.22. The highest BCUT2D eigenvalue weighted by atomic mass is 32.2. The minimum atomic E-state index is -0.260. The van der Waals surface area contributed by atoms with Gasteiger partial charge in [-0.2, -0.15) is 0 Å². The molecule has 0 radical (unpaired) electrons. The Labute approximate surface area is 123 Å². The van der Waals surface area contributed by atoms with Gasteiger partial charge in [-0.3, -0.25) is 9.59 Å². The number of esters is 1. The third-order valence-corrected chi connectivity index (χ3v) is 3.37. The zero-order chi connectivity index (χ0) is 14.8. The van der Waals surface area contributed by atoms with Crippen LogP contribution in [-0.2, 0) is 14.3 Å². The highest BCUT2D eigenvalue weighted by Crippen LogP contribution is 2.15. The molecular formula is C15H19NO3S. The van der Waals surface area contributed by atoms with Crippen molar-refractivity contribution in [3.63, 3.8) is 0 Å². The second-order valence-electron chi connectivity index (χ2n) is 4.08. The Morgan fingerprint density at radius 3 is 2.60 bits per heavy atom. The lowest BCUT2D eigenvalue weighted by molar-refractivity contribution is -0.140. The molecule has 0 bridgehead atoms. The SMILES string of the molecule is COC(=O)CCCNC(=O)/C=C/c1ccc(SC)cc1. The first-order valence-electron chi connectivity index (χ1n) is 6.32. The van der Waals surface area contributed by atoms with Crippen molar-refractivity contribution in [3.05, 3.63) is 35.9 Å². The summed E-state index contributed by atoms with van der Waals surface area (Å²) in [5.41, 5.74) is 0.979. The van der Waals surface area contributed by atoms with Crippen LogP contribution < -0.4 is 5.32 Å². The van der Waals surface area contributed by atoms with Crippen LogP contribution in [0.4, 0.5) is 0 Å². The van der Waals surface area contributed by atoms with Gasteiger partial charge in [0.15, 0.2) is 0 Å². The molecule has 5 heteroatoms. The fourth-order valence-electron chi connectivity index (χ4n) is 1.49. The maximum Gasteiger partial charge on any atom is 0.305 e. The number of carbonyl (C=O) groups is 2. The normalized spacial score (nSPS) is 10.5. The minimum absolute atomic E-state index is 0.163. The molecule has 1 N–H and O–H groups in total. The summed E-state index contributed by atoms with van der Waals surface area (Å²) < 4.78 is 4.51.